The summed E-state index contributed by atoms with van der Waals surface area (Å²) in [7, 11) is -2.98. The maximum absolute atomic E-state index is 12.8. The fourth-order valence-electron chi connectivity index (χ4n) is 3.88. The molecule has 0 amide bonds. The van der Waals surface area contributed by atoms with Crippen LogP contribution in [0.25, 0.3) is 10.9 Å². The summed E-state index contributed by atoms with van der Waals surface area (Å²) in [5, 5.41) is 0.392. The lowest BCUT2D eigenvalue weighted by Crippen LogP contribution is -2.36. The molecule has 2 saturated heterocycles. The number of hydrogen-bond acceptors (Lipinski definition) is 4. The van der Waals surface area contributed by atoms with Crippen molar-refractivity contribution in [3.8, 4) is 0 Å². The van der Waals surface area contributed by atoms with E-state index < -0.39 is 9.84 Å². The summed E-state index contributed by atoms with van der Waals surface area (Å²) in [6.07, 6.45) is 4.12. The van der Waals surface area contributed by atoms with Crippen LogP contribution in [0.5, 0.6) is 0 Å². The van der Waals surface area contributed by atoms with Crippen molar-refractivity contribution in [3.63, 3.8) is 0 Å². The Morgan fingerprint density at radius 3 is 2.55 bits per heavy atom. The maximum atomic E-state index is 12.8. The summed E-state index contributed by atoms with van der Waals surface area (Å²) >= 11 is 0. The van der Waals surface area contributed by atoms with Crippen LogP contribution in [-0.4, -0.2) is 29.7 Å². The lowest BCUT2D eigenvalue weighted by molar-refractivity contribution is 0.0905. The fourth-order valence-corrected chi connectivity index (χ4v) is 6.35. The number of sulfone groups is 1. The number of hydrogen-bond donors (Lipinski definition) is 0. The fraction of sp³-hybridized carbons (Fsp3) is 0.412. The Kier molecular flexibility index (Phi) is 3.08. The van der Waals surface area contributed by atoms with E-state index in [-0.39, 0.29) is 22.2 Å². The quantitative estimate of drug-likeness (QED) is 0.799. The predicted octanol–water partition coefficient (Wildman–Crippen LogP) is 2.77. The highest BCUT2D eigenvalue weighted by molar-refractivity contribution is 7.93. The van der Waals surface area contributed by atoms with E-state index in [9.17, 15) is 13.2 Å². The Hall–Kier alpha value is -1.75. The van der Waals surface area contributed by atoms with Crippen molar-refractivity contribution in [2.45, 2.75) is 36.2 Å². The van der Waals surface area contributed by atoms with Gasteiger partial charge in [0.2, 0.25) is 0 Å². The minimum atomic E-state index is -2.98. The van der Waals surface area contributed by atoms with E-state index >= 15 is 0 Å². The Balaban J connectivity index is 1.64. The monoisotopic (exact) mass is 315 g/mol. The minimum absolute atomic E-state index is 0.0688. The van der Waals surface area contributed by atoms with E-state index in [1.165, 1.54) is 0 Å². The van der Waals surface area contributed by atoms with Crippen LogP contribution >= 0.6 is 0 Å². The van der Waals surface area contributed by atoms with Crippen molar-refractivity contribution in [3.05, 3.63) is 42.1 Å². The molecule has 0 aliphatic carbocycles. The van der Waals surface area contributed by atoms with Gasteiger partial charge < -0.3 is 0 Å². The molecular weight excluding hydrogens is 298 g/mol. The second kappa shape index (κ2) is 4.88. The molecule has 2 atom stereocenters. The van der Waals surface area contributed by atoms with Crippen molar-refractivity contribution in [2.75, 3.05) is 0 Å². The van der Waals surface area contributed by atoms with Crippen molar-refractivity contribution < 1.29 is 13.2 Å². The van der Waals surface area contributed by atoms with Gasteiger partial charge in [-0.25, -0.2) is 8.42 Å². The van der Waals surface area contributed by atoms with Crippen molar-refractivity contribution in [1.82, 2.24) is 4.98 Å². The van der Waals surface area contributed by atoms with E-state index in [0.717, 1.165) is 23.7 Å². The standard InChI is InChI=1S/C17H17NO3S/c19-17(12-4-3-11-2-1-7-18-16(11)10-12)13-8-14-5-6-15(9-13)22(14,20)21/h1-4,7,10,13-15H,5-6,8-9H2. The molecule has 0 spiro atoms. The molecule has 2 aliphatic rings. The lowest BCUT2D eigenvalue weighted by Gasteiger charge is -2.27. The maximum Gasteiger partial charge on any atom is 0.166 e. The number of ketones is 1. The number of nitrogens with zero attached hydrogens (tertiary/aromatic N) is 1. The van der Waals surface area contributed by atoms with Crippen LogP contribution in [0.2, 0.25) is 0 Å². The van der Waals surface area contributed by atoms with Crippen LogP contribution in [0.3, 0.4) is 0 Å². The van der Waals surface area contributed by atoms with E-state index in [1.54, 1.807) is 6.20 Å². The zero-order valence-corrected chi connectivity index (χ0v) is 12.9. The molecule has 3 heterocycles. The SMILES string of the molecule is O=C(c1ccc2cccnc2c1)C1CC2CCC(C1)S2(=O)=O. The molecule has 2 aliphatic heterocycles. The highest BCUT2D eigenvalue weighted by Crippen LogP contribution is 2.42. The summed E-state index contributed by atoms with van der Waals surface area (Å²) in [4.78, 5) is 17.0. The Labute approximate surface area is 129 Å². The van der Waals surface area contributed by atoms with Gasteiger partial charge in [-0.1, -0.05) is 18.2 Å². The molecule has 1 aromatic carbocycles. The number of carbonyl (C=O) groups excluding carboxylic acids is 1. The highest BCUT2D eigenvalue weighted by Gasteiger charge is 2.48. The molecule has 22 heavy (non-hydrogen) atoms. The third-order valence-electron chi connectivity index (χ3n) is 5.10. The molecule has 0 saturated carbocycles. The molecule has 114 valence electrons. The molecule has 4 rings (SSSR count). The first-order valence-electron chi connectivity index (χ1n) is 7.67. The Morgan fingerprint density at radius 1 is 1.09 bits per heavy atom. The third-order valence-corrected chi connectivity index (χ3v) is 7.81. The molecule has 0 radical (unpaired) electrons. The lowest BCUT2D eigenvalue weighted by atomic mass is 9.90. The Morgan fingerprint density at radius 2 is 1.82 bits per heavy atom. The molecule has 4 nitrogen and oxygen atoms in total. The molecule has 2 fully saturated rings. The average Bonchev–Trinajstić information content (AvgIpc) is 2.72. The highest BCUT2D eigenvalue weighted by atomic mass is 32.2. The smallest absolute Gasteiger partial charge is 0.166 e. The molecular formula is C17H17NO3S. The van der Waals surface area contributed by atoms with E-state index in [2.05, 4.69) is 4.98 Å². The van der Waals surface area contributed by atoms with E-state index in [0.29, 0.717) is 18.4 Å². The van der Waals surface area contributed by atoms with Gasteiger partial charge in [-0.3, -0.25) is 9.78 Å². The van der Waals surface area contributed by atoms with Gasteiger partial charge in [0.25, 0.3) is 0 Å². The van der Waals surface area contributed by atoms with Gasteiger partial charge >= 0.3 is 0 Å². The summed E-state index contributed by atoms with van der Waals surface area (Å²) < 4.78 is 24.3. The van der Waals surface area contributed by atoms with Gasteiger partial charge in [-0.05, 0) is 37.8 Å². The molecule has 2 bridgehead atoms. The zero-order valence-electron chi connectivity index (χ0n) is 12.1. The number of pyridine rings is 1. The normalized spacial score (nSPS) is 29.5. The van der Waals surface area contributed by atoms with Gasteiger partial charge in [0.1, 0.15) is 0 Å². The molecule has 0 N–H and O–H groups in total. The van der Waals surface area contributed by atoms with Crippen molar-refractivity contribution in [1.29, 1.82) is 0 Å². The van der Waals surface area contributed by atoms with E-state index in [4.69, 9.17) is 0 Å². The van der Waals surface area contributed by atoms with Crippen molar-refractivity contribution >= 4 is 26.5 Å². The number of aromatic nitrogens is 1. The van der Waals surface area contributed by atoms with Crippen LogP contribution in [-0.2, 0) is 9.84 Å². The summed E-state index contributed by atoms with van der Waals surface area (Å²) in [6.45, 7) is 0. The number of carbonyl (C=O) groups is 1. The van der Waals surface area contributed by atoms with Crippen LogP contribution in [0, 0.1) is 5.92 Å². The van der Waals surface area contributed by atoms with Gasteiger partial charge in [-0.2, -0.15) is 0 Å². The topological polar surface area (TPSA) is 64.1 Å². The first kappa shape index (κ1) is 13.9. The van der Waals surface area contributed by atoms with Crippen LogP contribution < -0.4 is 0 Å². The second-order valence-corrected chi connectivity index (χ2v) is 8.87. The number of rotatable bonds is 2. The average molecular weight is 315 g/mol. The molecule has 2 unspecified atom stereocenters. The van der Waals surface area contributed by atoms with Crippen LogP contribution in [0.1, 0.15) is 36.0 Å². The van der Waals surface area contributed by atoms with Crippen LogP contribution in [0.15, 0.2) is 36.5 Å². The number of fused-ring (bicyclic) bond motifs is 3. The Bertz CT molecular complexity index is 839. The summed E-state index contributed by atoms with van der Waals surface area (Å²) in [5.41, 5.74) is 1.45. The second-order valence-electron chi connectivity index (χ2n) is 6.35. The number of benzene rings is 1. The summed E-state index contributed by atoms with van der Waals surface area (Å²) in [6, 6.07) is 9.39. The van der Waals surface area contributed by atoms with Gasteiger partial charge in [0.15, 0.2) is 15.6 Å². The van der Waals surface area contributed by atoms with Gasteiger partial charge in [0.05, 0.1) is 16.0 Å². The minimum Gasteiger partial charge on any atom is -0.294 e. The predicted molar refractivity (Wildman–Crippen MR) is 84.5 cm³/mol. The first-order valence-corrected chi connectivity index (χ1v) is 9.28. The largest absolute Gasteiger partial charge is 0.294 e. The van der Waals surface area contributed by atoms with Crippen LogP contribution in [0.4, 0.5) is 0 Å². The third kappa shape index (κ3) is 2.07. The molecule has 2 aromatic rings. The first-order chi connectivity index (χ1) is 10.6. The van der Waals surface area contributed by atoms with Gasteiger partial charge in [0, 0.05) is 23.1 Å². The summed E-state index contributed by atoms with van der Waals surface area (Å²) in [5.74, 6) is -0.0958. The zero-order chi connectivity index (χ0) is 15.3. The van der Waals surface area contributed by atoms with Crippen molar-refractivity contribution in [2.24, 2.45) is 5.92 Å². The molecule has 5 heteroatoms. The molecule has 1 aromatic heterocycles. The van der Waals surface area contributed by atoms with E-state index in [1.807, 2.05) is 30.3 Å². The number of Topliss-reactive ketones (excluding diaryl/α,β-unsaturated/α-hetero) is 1. The van der Waals surface area contributed by atoms with Gasteiger partial charge in [-0.15, -0.1) is 0 Å².